The third-order valence-corrected chi connectivity index (χ3v) is 2.24. The number of rotatable bonds is 6. The van der Waals surface area contributed by atoms with Crippen LogP contribution in [0.5, 0.6) is 0 Å². The molecule has 0 saturated heterocycles. The number of furan rings is 1. The standard InChI is InChI=1S/C11H20N2O/c1-10-11(5-8-14-10)9-12-6-4-7-13(2)3/h5,8,12H,4,6-7,9H2,1-3H3. The first-order valence-electron chi connectivity index (χ1n) is 5.08. The van der Waals surface area contributed by atoms with Crippen molar-refractivity contribution in [3.63, 3.8) is 0 Å². The van der Waals surface area contributed by atoms with E-state index in [0.717, 1.165) is 25.4 Å². The highest BCUT2D eigenvalue weighted by Gasteiger charge is 1.99. The van der Waals surface area contributed by atoms with E-state index in [4.69, 9.17) is 4.42 Å². The molecule has 1 rings (SSSR count). The topological polar surface area (TPSA) is 28.4 Å². The summed E-state index contributed by atoms with van der Waals surface area (Å²) in [4.78, 5) is 2.20. The van der Waals surface area contributed by atoms with Crippen LogP contribution >= 0.6 is 0 Å². The first-order valence-corrected chi connectivity index (χ1v) is 5.08. The summed E-state index contributed by atoms with van der Waals surface area (Å²) in [7, 11) is 4.19. The van der Waals surface area contributed by atoms with Crippen molar-refractivity contribution in [1.29, 1.82) is 0 Å². The van der Waals surface area contributed by atoms with Gasteiger partial charge in [-0.3, -0.25) is 0 Å². The molecule has 80 valence electrons. The zero-order chi connectivity index (χ0) is 10.4. The summed E-state index contributed by atoms with van der Waals surface area (Å²) in [5, 5.41) is 3.40. The van der Waals surface area contributed by atoms with Crippen LogP contribution in [0.2, 0.25) is 0 Å². The number of nitrogens with one attached hydrogen (secondary N) is 1. The van der Waals surface area contributed by atoms with Crippen LogP contribution in [-0.4, -0.2) is 32.1 Å². The summed E-state index contributed by atoms with van der Waals surface area (Å²) in [5.41, 5.74) is 1.26. The van der Waals surface area contributed by atoms with E-state index in [2.05, 4.69) is 24.3 Å². The molecule has 0 aliphatic rings. The summed E-state index contributed by atoms with van der Waals surface area (Å²) in [5.74, 6) is 1.02. The van der Waals surface area contributed by atoms with Gasteiger partial charge < -0.3 is 14.6 Å². The summed E-state index contributed by atoms with van der Waals surface area (Å²) in [6.45, 7) is 5.10. The molecule has 0 radical (unpaired) electrons. The average Bonchev–Trinajstić information content (AvgIpc) is 2.51. The number of aryl methyl sites for hydroxylation is 1. The van der Waals surface area contributed by atoms with Gasteiger partial charge in [-0.05, 0) is 46.6 Å². The largest absolute Gasteiger partial charge is 0.469 e. The van der Waals surface area contributed by atoms with Crippen molar-refractivity contribution in [3.8, 4) is 0 Å². The second-order valence-electron chi connectivity index (χ2n) is 3.84. The molecule has 0 atom stereocenters. The molecule has 0 unspecified atom stereocenters. The van der Waals surface area contributed by atoms with E-state index < -0.39 is 0 Å². The van der Waals surface area contributed by atoms with E-state index >= 15 is 0 Å². The highest BCUT2D eigenvalue weighted by molar-refractivity contribution is 5.14. The normalized spacial score (nSPS) is 11.1. The van der Waals surface area contributed by atoms with E-state index in [0.29, 0.717) is 0 Å². The fourth-order valence-corrected chi connectivity index (χ4v) is 1.34. The van der Waals surface area contributed by atoms with Gasteiger partial charge >= 0.3 is 0 Å². The molecular formula is C11H20N2O. The molecule has 1 aromatic rings. The highest BCUT2D eigenvalue weighted by atomic mass is 16.3. The molecule has 3 nitrogen and oxygen atoms in total. The van der Waals surface area contributed by atoms with Crippen molar-refractivity contribution in [2.24, 2.45) is 0 Å². The van der Waals surface area contributed by atoms with Crippen LogP contribution in [0.3, 0.4) is 0 Å². The molecule has 0 amide bonds. The zero-order valence-corrected chi connectivity index (χ0v) is 9.34. The number of hydrogen-bond acceptors (Lipinski definition) is 3. The van der Waals surface area contributed by atoms with Crippen molar-refractivity contribution in [2.45, 2.75) is 19.9 Å². The lowest BCUT2D eigenvalue weighted by atomic mass is 10.2. The molecule has 0 saturated carbocycles. The molecule has 1 heterocycles. The predicted molar refractivity (Wildman–Crippen MR) is 58.3 cm³/mol. The molecule has 3 heteroatoms. The minimum Gasteiger partial charge on any atom is -0.469 e. The summed E-state index contributed by atoms with van der Waals surface area (Å²) < 4.78 is 5.21. The molecule has 1 N–H and O–H groups in total. The van der Waals surface area contributed by atoms with Gasteiger partial charge in [0.25, 0.3) is 0 Å². The SMILES string of the molecule is Cc1occc1CNCCCN(C)C. The van der Waals surface area contributed by atoms with Crippen LogP contribution in [0.4, 0.5) is 0 Å². The fourth-order valence-electron chi connectivity index (χ4n) is 1.34. The predicted octanol–water partition coefficient (Wildman–Crippen LogP) is 1.63. The van der Waals surface area contributed by atoms with Gasteiger partial charge in [0.2, 0.25) is 0 Å². The zero-order valence-electron chi connectivity index (χ0n) is 9.34. The summed E-state index contributed by atoms with van der Waals surface area (Å²) >= 11 is 0. The molecular weight excluding hydrogens is 176 g/mol. The maximum atomic E-state index is 5.21. The van der Waals surface area contributed by atoms with Crippen LogP contribution in [0.25, 0.3) is 0 Å². The Bertz CT molecular complexity index is 256. The van der Waals surface area contributed by atoms with Crippen molar-refractivity contribution in [3.05, 3.63) is 23.7 Å². The Labute approximate surface area is 86.1 Å². The molecule has 0 aliphatic heterocycles. The van der Waals surface area contributed by atoms with Gasteiger partial charge in [0, 0.05) is 12.1 Å². The molecule has 0 bridgehead atoms. The lowest BCUT2D eigenvalue weighted by molar-refractivity contribution is 0.394. The lowest BCUT2D eigenvalue weighted by Gasteiger charge is -2.09. The van der Waals surface area contributed by atoms with Gasteiger partial charge in [-0.25, -0.2) is 0 Å². The Hall–Kier alpha value is -0.800. The second kappa shape index (κ2) is 5.83. The summed E-state index contributed by atoms with van der Waals surface area (Å²) in [6, 6.07) is 2.02. The Morgan fingerprint density at radius 1 is 1.43 bits per heavy atom. The maximum absolute atomic E-state index is 5.21. The smallest absolute Gasteiger partial charge is 0.105 e. The first-order chi connectivity index (χ1) is 6.70. The third kappa shape index (κ3) is 3.94. The van der Waals surface area contributed by atoms with Crippen LogP contribution in [0.15, 0.2) is 16.7 Å². The Kier molecular flexibility index (Phi) is 4.70. The van der Waals surface area contributed by atoms with Gasteiger partial charge in [-0.2, -0.15) is 0 Å². The molecule has 0 spiro atoms. The van der Waals surface area contributed by atoms with Gasteiger partial charge in [0.05, 0.1) is 6.26 Å². The minimum absolute atomic E-state index is 0.912. The number of nitrogens with zero attached hydrogens (tertiary/aromatic N) is 1. The van der Waals surface area contributed by atoms with Crippen molar-refractivity contribution in [1.82, 2.24) is 10.2 Å². The Balaban J connectivity index is 2.08. The third-order valence-electron chi connectivity index (χ3n) is 2.24. The van der Waals surface area contributed by atoms with Crippen LogP contribution < -0.4 is 5.32 Å². The fraction of sp³-hybridized carbons (Fsp3) is 0.636. The van der Waals surface area contributed by atoms with E-state index in [9.17, 15) is 0 Å². The van der Waals surface area contributed by atoms with Crippen molar-refractivity contribution < 1.29 is 4.42 Å². The van der Waals surface area contributed by atoms with E-state index in [1.807, 2.05) is 13.0 Å². The second-order valence-corrected chi connectivity index (χ2v) is 3.84. The molecule has 0 fully saturated rings. The van der Waals surface area contributed by atoms with E-state index in [1.54, 1.807) is 6.26 Å². The van der Waals surface area contributed by atoms with Gasteiger partial charge in [-0.1, -0.05) is 0 Å². The van der Waals surface area contributed by atoms with Crippen LogP contribution in [0, 0.1) is 6.92 Å². The van der Waals surface area contributed by atoms with Crippen molar-refractivity contribution >= 4 is 0 Å². The minimum atomic E-state index is 0.912. The molecule has 14 heavy (non-hydrogen) atoms. The van der Waals surface area contributed by atoms with Gasteiger partial charge in [-0.15, -0.1) is 0 Å². The molecule has 1 aromatic heterocycles. The van der Waals surface area contributed by atoms with E-state index in [-0.39, 0.29) is 0 Å². The summed E-state index contributed by atoms with van der Waals surface area (Å²) in [6.07, 6.45) is 2.93. The Morgan fingerprint density at radius 2 is 2.21 bits per heavy atom. The molecule has 0 aliphatic carbocycles. The van der Waals surface area contributed by atoms with Crippen molar-refractivity contribution in [2.75, 3.05) is 27.2 Å². The maximum Gasteiger partial charge on any atom is 0.105 e. The lowest BCUT2D eigenvalue weighted by Crippen LogP contribution is -2.21. The molecule has 0 aromatic carbocycles. The average molecular weight is 196 g/mol. The van der Waals surface area contributed by atoms with Gasteiger partial charge in [0.1, 0.15) is 5.76 Å². The van der Waals surface area contributed by atoms with Crippen LogP contribution in [0.1, 0.15) is 17.7 Å². The first kappa shape index (κ1) is 11.3. The highest BCUT2D eigenvalue weighted by Crippen LogP contribution is 2.07. The Morgan fingerprint density at radius 3 is 2.79 bits per heavy atom. The number of hydrogen-bond donors (Lipinski definition) is 1. The van der Waals surface area contributed by atoms with Crippen LogP contribution in [-0.2, 0) is 6.54 Å². The monoisotopic (exact) mass is 196 g/mol. The van der Waals surface area contributed by atoms with E-state index in [1.165, 1.54) is 12.0 Å². The quantitative estimate of drug-likeness (QED) is 0.701. The van der Waals surface area contributed by atoms with Gasteiger partial charge in [0.15, 0.2) is 0 Å².